The van der Waals surface area contributed by atoms with E-state index < -0.39 is 4.92 Å². The SMILES string of the molecule is CC#CC1=NC([N+](=O)[O-])=C(CC)C1. The molecule has 0 fully saturated rings. The lowest BCUT2D eigenvalue weighted by Crippen LogP contribution is -1.96. The molecule has 1 heterocycles. The Morgan fingerprint density at radius 2 is 2.38 bits per heavy atom. The van der Waals surface area contributed by atoms with Gasteiger partial charge in [-0.05, 0) is 29.2 Å². The quantitative estimate of drug-likeness (QED) is 0.367. The van der Waals surface area contributed by atoms with E-state index in [-0.39, 0.29) is 5.82 Å². The zero-order valence-electron chi connectivity index (χ0n) is 7.63. The second-order valence-corrected chi connectivity index (χ2v) is 2.65. The van der Waals surface area contributed by atoms with E-state index in [2.05, 4.69) is 16.8 Å². The van der Waals surface area contributed by atoms with Gasteiger partial charge >= 0.3 is 5.82 Å². The maximum absolute atomic E-state index is 10.5. The van der Waals surface area contributed by atoms with Gasteiger partial charge in [0.25, 0.3) is 0 Å². The molecular weight excluding hydrogens is 168 g/mol. The average Bonchev–Trinajstić information content (AvgIpc) is 2.48. The fourth-order valence-corrected chi connectivity index (χ4v) is 1.20. The molecule has 0 aromatic rings. The Hall–Kier alpha value is -1.63. The predicted octanol–water partition coefficient (Wildman–Crippen LogP) is 1.75. The molecule has 0 unspecified atom stereocenters. The number of nitro groups is 1. The topological polar surface area (TPSA) is 55.5 Å². The molecule has 0 radical (unpaired) electrons. The van der Waals surface area contributed by atoms with Crippen LogP contribution < -0.4 is 0 Å². The Morgan fingerprint density at radius 3 is 2.77 bits per heavy atom. The van der Waals surface area contributed by atoms with E-state index in [1.165, 1.54) is 0 Å². The fraction of sp³-hybridized carbons (Fsp3) is 0.444. The van der Waals surface area contributed by atoms with Crippen molar-refractivity contribution in [3.05, 3.63) is 21.5 Å². The third kappa shape index (κ3) is 1.94. The second kappa shape index (κ2) is 3.85. The van der Waals surface area contributed by atoms with Crippen molar-refractivity contribution >= 4 is 5.71 Å². The van der Waals surface area contributed by atoms with Crippen molar-refractivity contribution in [1.29, 1.82) is 0 Å². The van der Waals surface area contributed by atoms with Gasteiger partial charge in [0.05, 0.1) is 6.42 Å². The summed E-state index contributed by atoms with van der Waals surface area (Å²) in [6, 6.07) is 0. The number of rotatable bonds is 2. The van der Waals surface area contributed by atoms with Crippen LogP contribution in [0.25, 0.3) is 0 Å². The van der Waals surface area contributed by atoms with Gasteiger partial charge in [-0.3, -0.25) is 0 Å². The van der Waals surface area contributed by atoms with E-state index in [4.69, 9.17) is 0 Å². The van der Waals surface area contributed by atoms with Crippen LogP contribution in [0.15, 0.2) is 16.4 Å². The summed E-state index contributed by atoms with van der Waals surface area (Å²) in [5.74, 6) is 5.42. The molecule has 0 N–H and O–H groups in total. The molecule has 0 amide bonds. The highest BCUT2D eigenvalue weighted by Crippen LogP contribution is 2.22. The highest BCUT2D eigenvalue weighted by molar-refractivity contribution is 6.03. The normalized spacial score (nSPS) is 15.1. The molecule has 0 saturated heterocycles. The number of hydrogen-bond donors (Lipinski definition) is 0. The molecule has 0 spiro atoms. The molecule has 1 aliphatic rings. The molecule has 68 valence electrons. The lowest BCUT2D eigenvalue weighted by Gasteiger charge is -1.93. The first-order valence-electron chi connectivity index (χ1n) is 4.05. The van der Waals surface area contributed by atoms with Gasteiger partial charge in [-0.1, -0.05) is 12.8 Å². The molecular formula is C9H10N2O2. The monoisotopic (exact) mass is 178 g/mol. The molecule has 4 nitrogen and oxygen atoms in total. The minimum absolute atomic E-state index is 0.0137. The van der Waals surface area contributed by atoms with E-state index in [1.807, 2.05) is 6.92 Å². The highest BCUT2D eigenvalue weighted by Gasteiger charge is 2.26. The van der Waals surface area contributed by atoms with E-state index in [0.717, 1.165) is 5.57 Å². The summed E-state index contributed by atoms with van der Waals surface area (Å²) in [5, 5.41) is 10.5. The van der Waals surface area contributed by atoms with Crippen LogP contribution >= 0.6 is 0 Å². The van der Waals surface area contributed by atoms with Crippen LogP contribution in [-0.4, -0.2) is 10.6 Å². The standard InChI is InChI=1S/C9H10N2O2/c1-3-5-8-6-7(4-2)9(10-8)11(12)13/h4,6H2,1-2H3. The van der Waals surface area contributed by atoms with Gasteiger partial charge in [0.15, 0.2) is 0 Å². The molecule has 0 aliphatic carbocycles. The van der Waals surface area contributed by atoms with Crippen LogP contribution in [0.1, 0.15) is 26.7 Å². The van der Waals surface area contributed by atoms with Crippen molar-refractivity contribution in [2.24, 2.45) is 4.99 Å². The summed E-state index contributed by atoms with van der Waals surface area (Å²) in [7, 11) is 0. The molecule has 0 saturated carbocycles. The molecule has 1 aliphatic heterocycles. The number of allylic oxidation sites excluding steroid dienone is 1. The molecule has 4 heteroatoms. The lowest BCUT2D eigenvalue weighted by atomic mass is 10.1. The molecule has 0 atom stereocenters. The van der Waals surface area contributed by atoms with Gasteiger partial charge in [-0.15, -0.1) is 0 Å². The largest absolute Gasteiger partial charge is 0.364 e. The summed E-state index contributed by atoms with van der Waals surface area (Å²) in [6.45, 7) is 3.58. The van der Waals surface area contributed by atoms with Crippen molar-refractivity contribution in [2.45, 2.75) is 26.7 Å². The molecule has 0 aromatic heterocycles. The van der Waals surface area contributed by atoms with E-state index in [1.54, 1.807) is 6.92 Å². The zero-order chi connectivity index (χ0) is 9.84. The van der Waals surface area contributed by atoms with Crippen LogP contribution in [-0.2, 0) is 0 Å². The van der Waals surface area contributed by atoms with E-state index >= 15 is 0 Å². The molecule has 1 rings (SSSR count). The first kappa shape index (κ1) is 9.46. The van der Waals surface area contributed by atoms with Gasteiger partial charge in [0.2, 0.25) is 5.71 Å². The fourth-order valence-electron chi connectivity index (χ4n) is 1.20. The first-order valence-corrected chi connectivity index (χ1v) is 4.05. The predicted molar refractivity (Wildman–Crippen MR) is 49.8 cm³/mol. The van der Waals surface area contributed by atoms with Gasteiger partial charge in [0.1, 0.15) is 0 Å². The van der Waals surface area contributed by atoms with Crippen molar-refractivity contribution in [3.63, 3.8) is 0 Å². The minimum atomic E-state index is -0.441. The first-order chi connectivity index (χ1) is 6.19. The van der Waals surface area contributed by atoms with Crippen LogP contribution in [0.4, 0.5) is 0 Å². The van der Waals surface area contributed by atoms with Crippen LogP contribution in [0, 0.1) is 22.0 Å². The maximum Gasteiger partial charge on any atom is 0.364 e. The Labute approximate surface area is 76.5 Å². The summed E-state index contributed by atoms with van der Waals surface area (Å²) in [4.78, 5) is 13.9. The van der Waals surface area contributed by atoms with Gasteiger partial charge in [-0.2, -0.15) is 0 Å². The molecule has 13 heavy (non-hydrogen) atoms. The summed E-state index contributed by atoms with van der Waals surface area (Å²) < 4.78 is 0. The Bertz CT molecular complexity index is 356. The average molecular weight is 178 g/mol. The number of aliphatic imine (C=N–C) groups is 1. The van der Waals surface area contributed by atoms with Crippen molar-refractivity contribution < 1.29 is 4.92 Å². The second-order valence-electron chi connectivity index (χ2n) is 2.65. The minimum Gasteiger partial charge on any atom is -0.358 e. The van der Waals surface area contributed by atoms with Crippen LogP contribution in [0.2, 0.25) is 0 Å². The Kier molecular flexibility index (Phi) is 2.80. The zero-order valence-corrected chi connectivity index (χ0v) is 7.63. The maximum atomic E-state index is 10.5. The summed E-state index contributed by atoms with van der Waals surface area (Å²) >= 11 is 0. The van der Waals surface area contributed by atoms with E-state index in [0.29, 0.717) is 18.6 Å². The molecule has 0 aromatic carbocycles. The summed E-state index contributed by atoms with van der Waals surface area (Å²) in [5.41, 5.74) is 1.37. The van der Waals surface area contributed by atoms with Gasteiger partial charge in [-0.25, -0.2) is 0 Å². The third-order valence-corrected chi connectivity index (χ3v) is 1.81. The molecule has 0 bridgehead atoms. The van der Waals surface area contributed by atoms with Crippen LogP contribution in [0.5, 0.6) is 0 Å². The lowest BCUT2D eigenvalue weighted by molar-refractivity contribution is -0.426. The number of hydrogen-bond acceptors (Lipinski definition) is 3. The number of nitrogens with zero attached hydrogens (tertiary/aromatic N) is 2. The summed E-state index contributed by atoms with van der Waals surface area (Å²) in [6.07, 6.45) is 1.20. The Balaban J connectivity index is 2.94. The Morgan fingerprint density at radius 1 is 1.69 bits per heavy atom. The van der Waals surface area contributed by atoms with Gasteiger partial charge < -0.3 is 10.1 Å². The van der Waals surface area contributed by atoms with Gasteiger partial charge in [0, 0.05) is 5.57 Å². The van der Waals surface area contributed by atoms with E-state index in [9.17, 15) is 10.1 Å². The van der Waals surface area contributed by atoms with Crippen molar-refractivity contribution in [2.75, 3.05) is 0 Å². The van der Waals surface area contributed by atoms with Crippen molar-refractivity contribution in [1.82, 2.24) is 0 Å². The third-order valence-electron chi connectivity index (χ3n) is 1.81. The van der Waals surface area contributed by atoms with Crippen molar-refractivity contribution in [3.8, 4) is 11.8 Å². The van der Waals surface area contributed by atoms with Crippen LogP contribution in [0.3, 0.4) is 0 Å². The smallest absolute Gasteiger partial charge is 0.358 e. The highest BCUT2D eigenvalue weighted by atomic mass is 16.6.